The number of ether oxygens (including phenoxy) is 1. The van der Waals surface area contributed by atoms with E-state index in [0.29, 0.717) is 0 Å². The van der Waals surface area contributed by atoms with Crippen LogP contribution < -0.4 is 0 Å². The van der Waals surface area contributed by atoms with Gasteiger partial charge in [0.1, 0.15) is 0 Å². The largest absolute Gasteiger partial charge is 0.481 e. The van der Waals surface area contributed by atoms with Crippen LogP contribution in [0.1, 0.15) is 12.8 Å². The van der Waals surface area contributed by atoms with Gasteiger partial charge < -0.3 is 4.74 Å². The second kappa shape index (κ2) is 1.96. The summed E-state index contributed by atoms with van der Waals surface area (Å²) in [4.78, 5) is 3.88. The van der Waals surface area contributed by atoms with E-state index in [-0.39, 0.29) is 0 Å². The van der Waals surface area contributed by atoms with Crippen molar-refractivity contribution in [3.05, 3.63) is 0 Å². The fraction of sp³-hybridized carbons (Fsp3) is 0.800. The van der Waals surface area contributed by atoms with Gasteiger partial charge in [0.2, 0.25) is 0 Å². The normalized spacial score (nSPS) is 25.6. The SMILES string of the molecule is CN=C1CCCO1. The van der Waals surface area contributed by atoms with Crippen LogP contribution in [0.2, 0.25) is 0 Å². The van der Waals surface area contributed by atoms with Gasteiger partial charge in [-0.3, -0.25) is 4.99 Å². The molecule has 0 atom stereocenters. The maximum Gasteiger partial charge on any atom is 0.183 e. The van der Waals surface area contributed by atoms with Crippen molar-refractivity contribution in [1.82, 2.24) is 0 Å². The van der Waals surface area contributed by atoms with Gasteiger partial charge in [-0.25, -0.2) is 0 Å². The number of aliphatic imine (C=N–C) groups is 1. The molecule has 0 unspecified atom stereocenters. The molecule has 0 aliphatic carbocycles. The van der Waals surface area contributed by atoms with Crippen LogP contribution in [0.4, 0.5) is 0 Å². The molecule has 7 heavy (non-hydrogen) atoms. The summed E-state index contributed by atoms with van der Waals surface area (Å²) in [5.74, 6) is 0.917. The van der Waals surface area contributed by atoms with Crippen LogP contribution in [0.5, 0.6) is 0 Å². The number of hydrogen-bond acceptors (Lipinski definition) is 2. The van der Waals surface area contributed by atoms with Gasteiger partial charge >= 0.3 is 0 Å². The van der Waals surface area contributed by atoms with Crippen molar-refractivity contribution in [2.24, 2.45) is 4.99 Å². The lowest BCUT2D eigenvalue weighted by molar-refractivity contribution is 0.343. The Hall–Kier alpha value is -0.530. The zero-order valence-corrected chi connectivity index (χ0v) is 4.48. The molecule has 0 aromatic heterocycles. The first-order chi connectivity index (χ1) is 3.43. The zero-order valence-electron chi connectivity index (χ0n) is 4.48. The Kier molecular flexibility index (Phi) is 1.29. The second-order valence-corrected chi connectivity index (χ2v) is 1.57. The van der Waals surface area contributed by atoms with Crippen LogP contribution >= 0.6 is 0 Å². The summed E-state index contributed by atoms with van der Waals surface area (Å²) in [5, 5.41) is 0. The summed E-state index contributed by atoms with van der Waals surface area (Å²) in [5.41, 5.74) is 0. The third-order valence-corrected chi connectivity index (χ3v) is 1.05. The first-order valence-corrected chi connectivity index (χ1v) is 2.52. The molecule has 0 radical (unpaired) electrons. The summed E-state index contributed by atoms with van der Waals surface area (Å²) in [7, 11) is 1.76. The maximum absolute atomic E-state index is 5.05. The fourth-order valence-electron chi connectivity index (χ4n) is 0.662. The Morgan fingerprint density at radius 2 is 2.57 bits per heavy atom. The molecule has 40 valence electrons. The van der Waals surface area contributed by atoms with Gasteiger partial charge in [-0.15, -0.1) is 0 Å². The van der Waals surface area contributed by atoms with Crippen LogP contribution in [0, 0.1) is 0 Å². The highest BCUT2D eigenvalue weighted by Gasteiger charge is 2.05. The monoisotopic (exact) mass is 99.1 g/mol. The minimum absolute atomic E-state index is 0.868. The predicted molar refractivity (Wildman–Crippen MR) is 28.5 cm³/mol. The molecule has 0 amide bonds. The van der Waals surface area contributed by atoms with E-state index in [9.17, 15) is 0 Å². The summed E-state index contributed by atoms with van der Waals surface area (Å²) in [6.45, 7) is 0.868. The van der Waals surface area contributed by atoms with E-state index in [1.807, 2.05) is 0 Å². The van der Waals surface area contributed by atoms with Gasteiger partial charge in [0.05, 0.1) is 6.61 Å². The van der Waals surface area contributed by atoms with Crippen LogP contribution in [-0.4, -0.2) is 19.6 Å². The standard InChI is InChI=1S/C5H9NO/c1-6-5-3-2-4-7-5/h2-4H2,1H3. The summed E-state index contributed by atoms with van der Waals surface area (Å²) < 4.78 is 5.05. The maximum atomic E-state index is 5.05. The van der Waals surface area contributed by atoms with Gasteiger partial charge in [0.25, 0.3) is 0 Å². The third kappa shape index (κ3) is 0.918. The van der Waals surface area contributed by atoms with Crippen LogP contribution in [-0.2, 0) is 4.74 Å². The Balaban J connectivity index is 2.41. The van der Waals surface area contributed by atoms with Crippen molar-refractivity contribution in [2.75, 3.05) is 13.7 Å². The summed E-state index contributed by atoms with van der Waals surface area (Å²) in [6, 6.07) is 0. The predicted octanol–water partition coefficient (Wildman–Crippen LogP) is 0.825. The van der Waals surface area contributed by atoms with Crippen LogP contribution in [0.15, 0.2) is 4.99 Å². The minimum Gasteiger partial charge on any atom is -0.481 e. The Morgan fingerprint density at radius 3 is 2.86 bits per heavy atom. The topological polar surface area (TPSA) is 21.6 Å². The van der Waals surface area contributed by atoms with Gasteiger partial charge in [-0.05, 0) is 6.42 Å². The van der Waals surface area contributed by atoms with E-state index >= 15 is 0 Å². The third-order valence-electron chi connectivity index (χ3n) is 1.05. The van der Waals surface area contributed by atoms with Crippen molar-refractivity contribution in [3.63, 3.8) is 0 Å². The number of hydrogen-bond donors (Lipinski definition) is 0. The van der Waals surface area contributed by atoms with Gasteiger partial charge in [0.15, 0.2) is 5.90 Å². The molecule has 1 rings (SSSR count). The van der Waals surface area contributed by atoms with Crippen molar-refractivity contribution in [3.8, 4) is 0 Å². The van der Waals surface area contributed by atoms with Crippen molar-refractivity contribution >= 4 is 5.90 Å². The molecular formula is C5H9NO. The Labute approximate surface area is 43.2 Å². The van der Waals surface area contributed by atoms with Crippen molar-refractivity contribution in [2.45, 2.75) is 12.8 Å². The van der Waals surface area contributed by atoms with E-state index < -0.39 is 0 Å². The highest BCUT2D eigenvalue weighted by Crippen LogP contribution is 2.03. The Morgan fingerprint density at radius 1 is 1.71 bits per heavy atom. The molecule has 1 heterocycles. The first-order valence-electron chi connectivity index (χ1n) is 2.52. The highest BCUT2D eigenvalue weighted by atomic mass is 16.5. The van der Waals surface area contributed by atoms with Gasteiger partial charge in [-0.2, -0.15) is 0 Å². The van der Waals surface area contributed by atoms with E-state index in [4.69, 9.17) is 4.74 Å². The molecular weight excluding hydrogens is 90.1 g/mol. The summed E-state index contributed by atoms with van der Waals surface area (Å²) >= 11 is 0. The molecule has 0 aromatic carbocycles. The molecule has 0 N–H and O–H groups in total. The first kappa shape index (κ1) is 4.62. The highest BCUT2D eigenvalue weighted by molar-refractivity contribution is 5.77. The van der Waals surface area contributed by atoms with E-state index in [1.54, 1.807) is 7.05 Å². The molecule has 0 bridgehead atoms. The molecule has 1 aliphatic heterocycles. The molecule has 1 aliphatic rings. The lowest BCUT2D eigenvalue weighted by Gasteiger charge is -1.89. The second-order valence-electron chi connectivity index (χ2n) is 1.57. The average Bonchev–Trinajstić information content (AvgIpc) is 2.14. The smallest absolute Gasteiger partial charge is 0.183 e. The number of rotatable bonds is 0. The van der Waals surface area contributed by atoms with E-state index in [2.05, 4.69) is 4.99 Å². The zero-order chi connectivity index (χ0) is 5.11. The van der Waals surface area contributed by atoms with E-state index in [1.165, 1.54) is 0 Å². The average molecular weight is 99.1 g/mol. The molecule has 0 spiro atoms. The lowest BCUT2D eigenvalue weighted by atomic mass is 10.4. The van der Waals surface area contributed by atoms with Crippen LogP contribution in [0.3, 0.4) is 0 Å². The quantitative estimate of drug-likeness (QED) is 0.440. The molecule has 2 nitrogen and oxygen atoms in total. The molecule has 0 aromatic rings. The summed E-state index contributed by atoms with van der Waals surface area (Å²) in [6.07, 6.45) is 2.18. The lowest BCUT2D eigenvalue weighted by Crippen LogP contribution is -1.90. The minimum atomic E-state index is 0.868. The Bertz CT molecular complexity index is 80.1. The molecule has 1 fully saturated rings. The van der Waals surface area contributed by atoms with Crippen molar-refractivity contribution in [1.29, 1.82) is 0 Å². The fourth-order valence-corrected chi connectivity index (χ4v) is 0.662. The molecule has 0 saturated carbocycles. The number of nitrogens with zero attached hydrogens (tertiary/aromatic N) is 1. The van der Waals surface area contributed by atoms with E-state index in [0.717, 1.165) is 25.3 Å². The van der Waals surface area contributed by atoms with Gasteiger partial charge in [0, 0.05) is 13.5 Å². The molecule has 1 saturated heterocycles. The molecule has 2 heteroatoms. The van der Waals surface area contributed by atoms with Gasteiger partial charge in [-0.1, -0.05) is 0 Å². The van der Waals surface area contributed by atoms with Crippen LogP contribution in [0.25, 0.3) is 0 Å². The van der Waals surface area contributed by atoms with Crippen molar-refractivity contribution < 1.29 is 4.74 Å².